The van der Waals surface area contributed by atoms with Gasteiger partial charge in [0.2, 0.25) is 0 Å². The van der Waals surface area contributed by atoms with Crippen LogP contribution in [0.25, 0.3) is 0 Å². The van der Waals surface area contributed by atoms with Gasteiger partial charge in [-0.3, -0.25) is 4.79 Å². The molecule has 29 heavy (non-hydrogen) atoms. The molecule has 0 radical (unpaired) electrons. The summed E-state index contributed by atoms with van der Waals surface area (Å²) in [5.74, 6) is -3.49. The van der Waals surface area contributed by atoms with Crippen LogP contribution in [0.4, 0.5) is 13.2 Å². The number of hydrogen-bond donors (Lipinski definition) is 1. The van der Waals surface area contributed by atoms with E-state index in [9.17, 15) is 18.0 Å². The van der Waals surface area contributed by atoms with Gasteiger partial charge in [0.1, 0.15) is 12.3 Å². The van der Waals surface area contributed by atoms with Crippen molar-refractivity contribution in [2.75, 3.05) is 26.4 Å². The lowest BCUT2D eigenvalue weighted by Crippen LogP contribution is -2.34. The highest BCUT2D eigenvalue weighted by Crippen LogP contribution is 2.17. The molecule has 3 rings (SSSR count). The monoisotopic (exact) mass is 412 g/mol. The minimum absolute atomic E-state index is 0.000688. The molecule has 1 aromatic carbocycles. The maximum absolute atomic E-state index is 13.2. The van der Waals surface area contributed by atoms with Crippen LogP contribution in [0.2, 0.25) is 0 Å². The number of rotatable bonds is 8. The van der Waals surface area contributed by atoms with E-state index in [1.165, 1.54) is 0 Å². The summed E-state index contributed by atoms with van der Waals surface area (Å²) in [6.07, 6.45) is 4.97. The zero-order valence-corrected chi connectivity index (χ0v) is 15.9. The van der Waals surface area contributed by atoms with Gasteiger partial charge in [-0.25, -0.2) is 13.2 Å². The summed E-state index contributed by atoms with van der Waals surface area (Å²) in [5, 5.41) is 6.63. The second-order valence-corrected chi connectivity index (χ2v) is 7.00. The minimum Gasteiger partial charge on any atom is -0.381 e. The number of amides is 1. The number of carbonyl (C=O) groups excluding carboxylic acids is 1. The largest absolute Gasteiger partial charge is 0.381 e. The summed E-state index contributed by atoms with van der Waals surface area (Å²) in [5.41, 5.74) is 0.418. The first kappa shape index (κ1) is 21.3. The number of nitrogens with one attached hydrogen (secondary N) is 1. The molecule has 2 aliphatic rings. The average Bonchev–Trinajstić information content (AvgIpc) is 2.73. The zero-order valence-electron chi connectivity index (χ0n) is 15.9. The van der Waals surface area contributed by atoms with E-state index in [1.54, 1.807) is 6.08 Å². The van der Waals surface area contributed by atoms with Crippen LogP contribution in [-0.2, 0) is 25.7 Å². The smallest absolute Gasteiger partial charge is 0.269 e. The summed E-state index contributed by atoms with van der Waals surface area (Å²) in [6, 6.07) is 1.74. The van der Waals surface area contributed by atoms with Crippen LogP contribution >= 0.6 is 0 Å². The Kier molecular flexibility index (Phi) is 7.65. The summed E-state index contributed by atoms with van der Waals surface area (Å²) >= 11 is 0. The Morgan fingerprint density at radius 2 is 2.03 bits per heavy atom. The molecule has 1 aromatic rings. The number of hydrogen-bond acceptors (Lipinski definition) is 5. The Morgan fingerprint density at radius 1 is 1.24 bits per heavy atom. The first-order valence-corrected chi connectivity index (χ1v) is 9.53. The molecule has 1 amide bonds. The van der Waals surface area contributed by atoms with Crippen molar-refractivity contribution in [2.45, 2.75) is 32.3 Å². The highest BCUT2D eigenvalue weighted by Gasteiger charge is 2.18. The molecular weight excluding hydrogens is 389 g/mol. The molecule has 2 aliphatic heterocycles. The van der Waals surface area contributed by atoms with Crippen molar-refractivity contribution in [3.05, 3.63) is 47.0 Å². The molecule has 158 valence electrons. The Morgan fingerprint density at radius 3 is 2.69 bits per heavy atom. The van der Waals surface area contributed by atoms with Crippen LogP contribution in [0.1, 0.15) is 31.2 Å². The number of oxime groups is 1. The van der Waals surface area contributed by atoms with Gasteiger partial charge < -0.3 is 19.6 Å². The zero-order chi connectivity index (χ0) is 20.6. The van der Waals surface area contributed by atoms with Crippen LogP contribution in [0, 0.1) is 23.4 Å². The van der Waals surface area contributed by atoms with E-state index in [0.29, 0.717) is 18.2 Å². The average molecular weight is 412 g/mol. The van der Waals surface area contributed by atoms with Crippen LogP contribution in [0.15, 0.2) is 29.1 Å². The molecular formula is C20H23F3N2O4. The van der Waals surface area contributed by atoms with Crippen LogP contribution in [0.3, 0.4) is 0 Å². The fourth-order valence-electron chi connectivity index (χ4n) is 3.11. The topological polar surface area (TPSA) is 69.2 Å². The molecule has 0 aliphatic carbocycles. The second-order valence-electron chi connectivity index (χ2n) is 7.00. The SMILES string of the molecule is O=C(NCCC1CCCOC1)C1=NOC(COCc2cc(F)c(F)c(F)c2)=CC1. The van der Waals surface area contributed by atoms with E-state index in [4.69, 9.17) is 14.3 Å². The van der Waals surface area contributed by atoms with Crippen molar-refractivity contribution in [2.24, 2.45) is 11.1 Å². The van der Waals surface area contributed by atoms with E-state index in [1.807, 2.05) is 0 Å². The molecule has 1 fully saturated rings. The summed E-state index contributed by atoms with van der Waals surface area (Å²) in [7, 11) is 0. The van der Waals surface area contributed by atoms with E-state index in [-0.39, 0.29) is 36.8 Å². The molecule has 2 heterocycles. The number of nitrogens with zero attached hydrogens (tertiary/aromatic N) is 1. The van der Waals surface area contributed by atoms with E-state index < -0.39 is 17.5 Å². The molecule has 1 N–H and O–H groups in total. The maximum Gasteiger partial charge on any atom is 0.269 e. The fraction of sp³-hybridized carbons (Fsp3) is 0.500. The standard InChI is InChI=1S/C20H23F3N2O4/c21-16-8-14(9-17(22)19(16)23)11-28-12-15-3-4-18(25-29-15)20(26)24-6-5-13-2-1-7-27-10-13/h3,8-9,13H,1-2,4-7,10-12H2,(H,24,26). The van der Waals surface area contributed by atoms with Gasteiger partial charge in [0.25, 0.3) is 5.91 Å². The van der Waals surface area contributed by atoms with Crippen molar-refractivity contribution in [1.29, 1.82) is 0 Å². The third-order valence-electron chi connectivity index (χ3n) is 4.71. The molecule has 0 aromatic heterocycles. The molecule has 1 unspecified atom stereocenters. The second kappa shape index (κ2) is 10.4. The molecule has 0 bridgehead atoms. The third-order valence-corrected chi connectivity index (χ3v) is 4.71. The summed E-state index contributed by atoms with van der Waals surface area (Å²) < 4.78 is 50.0. The van der Waals surface area contributed by atoms with Crippen molar-refractivity contribution < 1.29 is 32.3 Å². The quantitative estimate of drug-likeness (QED) is 0.666. The van der Waals surface area contributed by atoms with Gasteiger partial charge in [0.05, 0.1) is 6.61 Å². The van der Waals surface area contributed by atoms with Crippen molar-refractivity contribution in [1.82, 2.24) is 5.32 Å². The number of benzene rings is 1. The van der Waals surface area contributed by atoms with Gasteiger partial charge in [0, 0.05) is 26.2 Å². The first-order valence-electron chi connectivity index (χ1n) is 9.53. The third kappa shape index (κ3) is 6.30. The normalized spacial score (nSPS) is 19.2. The van der Waals surface area contributed by atoms with Crippen LogP contribution < -0.4 is 5.32 Å². The molecule has 0 spiro atoms. The number of ether oxygens (including phenoxy) is 2. The van der Waals surface area contributed by atoms with Gasteiger partial charge in [0.15, 0.2) is 23.2 Å². The van der Waals surface area contributed by atoms with Crippen molar-refractivity contribution >= 4 is 11.6 Å². The highest BCUT2D eigenvalue weighted by molar-refractivity contribution is 6.39. The van der Waals surface area contributed by atoms with Gasteiger partial charge in [-0.2, -0.15) is 0 Å². The Hall–Kier alpha value is -2.39. The lowest BCUT2D eigenvalue weighted by molar-refractivity contribution is -0.115. The molecule has 1 atom stereocenters. The van der Waals surface area contributed by atoms with Crippen molar-refractivity contribution in [3.8, 4) is 0 Å². The highest BCUT2D eigenvalue weighted by atomic mass is 19.2. The van der Waals surface area contributed by atoms with Gasteiger partial charge in [-0.1, -0.05) is 5.16 Å². The van der Waals surface area contributed by atoms with Crippen LogP contribution in [0.5, 0.6) is 0 Å². The minimum atomic E-state index is -1.51. The molecule has 0 saturated carbocycles. The Labute approximate surface area is 166 Å². The Balaban J connectivity index is 1.35. The lowest BCUT2D eigenvalue weighted by Gasteiger charge is -2.22. The fourth-order valence-corrected chi connectivity index (χ4v) is 3.11. The lowest BCUT2D eigenvalue weighted by atomic mass is 9.99. The summed E-state index contributed by atoms with van der Waals surface area (Å²) in [4.78, 5) is 17.3. The van der Waals surface area contributed by atoms with Gasteiger partial charge >= 0.3 is 0 Å². The number of carbonyl (C=O) groups is 1. The molecule has 9 heteroatoms. The van der Waals surface area contributed by atoms with Crippen LogP contribution in [-0.4, -0.2) is 38.0 Å². The number of allylic oxidation sites excluding steroid dienone is 1. The number of halogens is 3. The molecule has 6 nitrogen and oxygen atoms in total. The van der Waals surface area contributed by atoms with Crippen molar-refractivity contribution in [3.63, 3.8) is 0 Å². The first-order chi connectivity index (χ1) is 14.0. The molecule has 1 saturated heterocycles. The van der Waals surface area contributed by atoms with E-state index in [2.05, 4.69) is 10.5 Å². The van der Waals surface area contributed by atoms with Gasteiger partial charge in [-0.15, -0.1) is 0 Å². The predicted molar refractivity (Wildman–Crippen MR) is 98.4 cm³/mol. The van der Waals surface area contributed by atoms with E-state index in [0.717, 1.165) is 44.6 Å². The predicted octanol–water partition coefficient (Wildman–Crippen LogP) is 3.21. The summed E-state index contributed by atoms with van der Waals surface area (Å²) in [6.45, 7) is 1.98. The van der Waals surface area contributed by atoms with Gasteiger partial charge in [-0.05, 0) is 49.0 Å². The van der Waals surface area contributed by atoms with E-state index >= 15 is 0 Å². The maximum atomic E-state index is 13.2. The Bertz CT molecular complexity index is 769.